The van der Waals surface area contributed by atoms with Crippen LogP contribution in [-0.4, -0.2) is 24.0 Å². The smallest absolute Gasteiger partial charge is 0.123 e. The second-order valence-corrected chi connectivity index (χ2v) is 7.09. The molecule has 2 aromatic rings. The zero-order valence-corrected chi connectivity index (χ0v) is 14.0. The number of nitrogens with one attached hydrogen (secondary N) is 1. The van der Waals surface area contributed by atoms with Gasteiger partial charge in [0, 0.05) is 28.9 Å². The first-order valence-corrected chi connectivity index (χ1v) is 9.16. The van der Waals surface area contributed by atoms with Gasteiger partial charge in [-0.25, -0.2) is 4.98 Å². The van der Waals surface area contributed by atoms with E-state index in [2.05, 4.69) is 29.2 Å². The van der Waals surface area contributed by atoms with Gasteiger partial charge >= 0.3 is 0 Å². The summed E-state index contributed by atoms with van der Waals surface area (Å²) in [4.78, 5) is 16.7. The summed E-state index contributed by atoms with van der Waals surface area (Å²) in [5, 5.41) is 13.3. The molecule has 1 fully saturated rings. The van der Waals surface area contributed by atoms with Crippen molar-refractivity contribution in [3.63, 3.8) is 0 Å². The molecule has 0 spiro atoms. The Morgan fingerprint density at radius 2 is 1.83 bits per heavy atom. The van der Waals surface area contributed by atoms with E-state index in [9.17, 15) is 9.90 Å². The third-order valence-corrected chi connectivity index (χ3v) is 5.28. The van der Waals surface area contributed by atoms with E-state index in [4.69, 9.17) is 0 Å². The molecule has 0 atom stereocenters. The van der Waals surface area contributed by atoms with Crippen molar-refractivity contribution in [1.82, 2.24) is 4.98 Å². The largest absolute Gasteiger partial charge is 0.550 e. The Morgan fingerprint density at radius 3 is 2.48 bits per heavy atom. The first kappa shape index (κ1) is 16.1. The van der Waals surface area contributed by atoms with Crippen LogP contribution in [0.5, 0.6) is 0 Å². The number of likely N-dealkylation sites (tertiary alicyclic amines) is 1. The number of aromatic nitrogens is 1. The number of carbonyl (C=O) groups excluding carboxylic acids is 1. The molecule has 1 aliphatic heterocycles. The lowest BCUT2D eigenvalue weighted by molar-refractivity contribution is -0.913. The molecule has 4 nitrogen and oxygen atoms in total. The molecule has 2 heterocycles. The Morgan fingerprint density at radius 1 is 1.13 bits per heavy atom. The van der Waals surface area contributed by atoms with Gasteiger partial charge in [-0.2, -0.15) is 0 Å². The topological polar surface area (TPSA) is 57.5 Å². The zero-order chi connectivity index (χ0) is 16.1. The molecular weight excluding hydrogens is 308 g/mol. The SMILES string of the molecule is O=C([O-])Cc1csc(-c2ccc(C[NH+]3CCCCCC3)cc2)n1. The van der Waals surface area contributed by atoms with Crippen LogP contribution in [0.3, 0.4) is 0 Å². The predicted molar refractivity (Wildman–Crippen MR) is 89.1 cm³/mol. The Hall–Kier alpha value is -1.72. The average molecular weight is 330 g/mol. The van der Waals surface area contributed by atoms with Crippen molar-refractivity contribution in [1.29, 1.82) is 0 Å². The summed E-state index contributed by atoms with van der Waals surface area (Å²) < 4.78 is 0. The highest BCUT2D eigenvalue weighted by Crippen LogP contribution is 2.24. The molecule has 0 radical (unpaired) electrons. The zero-order valence-electron chi connectivity index (χ0n) is 13.2. The van der Waals surface area contributed by atoms with Crippen molar-refractivity contribution >= 4 is 17.3 Å². The summed E-state index contributed by atoms with van der Waals surface area (Å²) in [7, 11) is 0. The monoisotopic (exact) mass is 330 g/mol. The fourth-order valence-electron chi connectivity index (χ4n) is 3.13. The minimum Gasteiger partial charge on any atom is -0.550 e. The number of thiazole rings is 1. The van der Waals surface area contributed by atoms with Crippen LogP contribution < -0.4 is 10.0 Å². The molecule has 0 aliphatic carbocycles. The van der Waals surface area contributed by atoms with Gasteiger partial charge < -0.3 is 14.8 Å². The van der Waals surface area contributed by atoms with Crippen LogP contribution >= 0.6 is 11.3 Å². The van der Waals surface area contributed by atoms with Gasteiger partial charge in [-0.3, -0.25) is 0 Å². The van der Waals surface area contributed by atoms with Crippen molar-refractivity contribution in [3.8, 4) is 10.6 Å². The number of quaternary nitrogens is 1. The minimum atomic E-state index is -1.09. The van der Waals surface area contributed by atoms with Crippen LogP contribution in [0.15, 0.2) is 29.6 Å². The van der Waals surface area contributed by atoms with Gasteiger partial charge in [-0.15, -0.1) is 11.3 Å². The highest BCUT2D eigenvalue weighted by atomic mass is 32.1. The van der Waals surface area contributed by atoms with Crippen molar-refractivity contribution in [2.24, 2.45) is 0 Å². The molecular formula is C18H22N2O2S. The van der Waals surface area contributed by atoms with E-state index in [0.717, 1.165) is 17.1 Å². The molecule has 1 saturated heterocycles. The van der Waals surface area contributed by atoms with Crippen LogP contribution in [0.1, 0.15) is 36.9 Å². The number of rotatable bonds is 5. The van der Waals surface area contributed by atoms with E-state index < -0.39 is 5.97 Å². The van der Waals surface area contributed by atoms with Gasteiger partial charge in [-0.1, -0.05) is 24.3 Å². The van der Waals surface area contributed by atoms with Crippen molar-refractivity contribution < 1.29 is 14.8 Å². The van der Waals surface area contributed by atoms with Crippen LogP contribution in [0.4, 0.5) is 0 Å². The van der Waals surface area contributed by atoms with Gasteiger partial charge in [0.15, 0.2) is 0 Å². The molecule has 1 aromatic heterocycles. The van der Waals surface area contributed by atoms with E-state index in [0.29, 0.717) is 5.69 Å². The Balaban J connectivity index is 1.64. The van der Waals surface area contributed by atoms with Gasteiger partial charge in [0.25, 0.3) is 0 Å². The number of hydrogen-bond acceptors (Lipinski definition) is 4. The second-order valence-electron chi connectivity index (χ2n) is 6.23. The van der Waals surface area contributed by atoms with Crippen LogP contribution in [0.2, 0.25) is 0 Å². The average Bonchev–Trinajstić information content (AvgIpc) is 2.83. The van der Waals surface area contributed by atoms with Crippen molar-refractivity contribution in [2.75, 3.05) is 13.1 Å². The highest BCUT2D eigenvalue weighted by molar-refractivity contribution is 7.13. The molecule has 3 rings (SSSR count). The molecule has 0 amide bonds. The standard InChI is InChI=1S/C18H22N2O2S/c21-17(22)11-16-13-23-18(19-16)15-7-5-14(6-8-15)12-20-9-3-1-2-4-10-20/h5-8,13H,1-4,9-12H2,(H,21,22). The first-order valence-electron chi connectivity index (χ1n) is 8.28. The van der Waals surface area contributed by atoms with E-state index in [-0.39, 0.29) is 6.42 Å². The van der Waals surface area contributed by atoms with Crippen LogP contribution in [-0.2, 0) is 17.8 Å². The number of carboxylic acids is 1. The summed E-state index contributed by atoms with van der Waals surface area (Å²) in [6.07, 6.45) is 5.32. The number of carboxylic acid groups (broad SMARTS) is 1. The summed E-state index contributed by atoms with van der Waals surface area (Å²) in [6, 6.07) is 8.53. The quantitative estimate of drug-likeness (QED) is 0.892. The summed E-state index contributed by atoms with van der Waals surface area (Å²) >= 11 is 1.48. The molecule has 5 heteroatoms. The molecule has 122 valence electrons. The fraction of sp³-hybridized carbons (Fsp3) is 0.444. The predicted octanol–water partition coefficient (Wildman–Crippen LogP) is 1.06. The van der Waals surface area contributed by atoms with Gasteiger partial charge in [-0.05, 0) is 25.7 Å². The fourth-order valence-corrected chi connectivity index (χ4v) is 3.95. The van der Waals surface area contributed by atoms with Crippen molar-refractivity contribution in [2.45, 2.75) is 38.6 Å². The molecule has 0 bridgehead atoms. The second kappa shape index (κ2) is 7.70. The maximum absolute atomic E-state index is 10.6. The summed E-state index contributed by atoms with van der Waals surface area (Å²) in [5.74, 6) is -1.09. The number of hydrogen-bond donors (Lipinski definition) is 1. The minimum absolute atomic E-state index is 0.118. The van der Waals surface area contributed by atoms with Gasteiger partial charge in [0.2, 0.25) is 0 Å². The molecule has 1 aliphatic rings. The van der Waals surface area contributed by atoms with Crippen molar-refractivity contribution in [3.05, 3.63) is 40.9 Å². The Labute approximate surface area is 140 Å². The van der Waals surface area contributed by atoms with Gasteiger partial charge in [0.1, 0.15) is 11.6 Å². The molecule has 23 heavy (non-hydrogen) atoms. The van der Waals surface area contributed by atoms with Crippen LogP contribution in [0, 0.1) is 0 Å². The third-order valence-electron chi connectivity index (χ3n) is 4.34. The van der Waals surface area contributed by atoms with E-state index >= 15 is 0 Å². The lowest BCUT2D eigenvalue weighted by Crippen LogP contribution is -3.10. The Kier molecular flexibility index (Phi) is 5.41. The first-order chi connectivity index (χ1) is 11.2. The number of aliphatic carboxylic acids is 1. The number of carbonyl (C=O) groups is 1. The van der Waals surface area contributed by atoms with Gasteiger partial charge in [0.05, 0.1) is 18.8 Å². The lowest BCUT2D eigenvalue weighted by atomic mass is 10.1. The third kappa shape index (κ3) is 4.62. The normalized spacial score (nSPS) is 16.2. The number of nitrogens with zero attached hydrogens (tertiary/aromatic N) is 1. The highest BCUT2D eigenvalue weighted by Gasteiger charge is 2.13. The number of benzene rings is 1. The van der Waals surface area contributed by atoms with Crippen LogP contribution in [0.25, 0.3) is 10.6 Å². The molecule has 1 aromatic carbocycles. The lowest BCUT2D eigenvalue weighted by Gasteiger charge is -2.17. The maximum atomic E-state index is 10.6. The van der Waals surface area contributed by atoms with E-state index in [1.54, 1.807) is 10.3 Å². The van der Waals surface area contributed by atoms with E-state index in [1.165, 1.54) is 55.7 Å². The molecule has 1 N–H and O–H groups in total. The summed E-state index contributed by atoms with van der Waals surface area (Å²) in [5.41, 5.74) is 2.98. The van der Waals surface area contributed by atoms with E-state index in [1.807, 2.05) is 0 Å². The maximum Gasteiger partial charge on any atom is 0.123 e. The molecule has 0 unspecified atom stereocenters. The molecule has 0 saturated carbocycles. The Bertz CT molecular complexity index is 643. The summed E-state index contributed by atoms with van der Waals surface area (Å²) in [6.45, 7) is 3.65.